The van der Waals surface area contributed by atoms with Gasteiger partial charge in [-0.3, -0.25) is 24.0 Å². The van der Waals surface area contributed by atoms with Gasteiger partial charge in [-0.2, -0.15) is 0 Å². The second-order valence-electron chi connectivity index (χ2n) is 22.3. The zero-order valence-electron chi connectivity index (χ0n) is 50.7. The van der Waals surface area contributed by atoms with Crippen LogP contribution in [-0.2, 0) is 61.8 Å². The number of aliphatic hydroxyl groups is 12. The zero-order valence-corrected chi connectivity index (χ0v) is 50.7. The molecule has 0 spiro atoms. The molecular weight excluding hydrogens is 1190 g/mol. The number of carbonyl (C=O) groups is 5. The van der Waals surface area contributed by atoms with Crippen LogP contribution in [0.4, 0.5) is 0 Å². The van der Waals surface area contributed by atoms with Crippen LogP contribution in [-0.4, -0.2) is 284 Å². The number of unbranched alkanes of at least 4 members (excludes halogenated alkanes) is 5. The van der Waals surface area contributed by atoms with Crippen molar-refractivity contribution < 1.29 is 133 Å². The molecule has 0 bridgehead atoms. The Morgan fingerprint density at radius 1 is 0.551 bits per heavy atom. The fourth-order valence-electron chi connectivity index (χ4n) is 10.7. The lowest BCUT2D eigenvalue weighted by molar-refractivity contribution is -0.364. The van der Waals surface area contributed by atoms with E-state index in [9.17, 15) is 85.3 Å². The van der Waals surface area contributed by atoms with Crippen molar-refractivity contribution in [2.45, 2.75) is 234 Å². The molecule has 0 aliphatic carbocycles. The van der Waals surface area contributed by atoms with Crippen molar-refractivity contribution in [3.8, 4) is 5.75 Å². The van der Waals surface area contributed by atoms with Gasteiger partial charge in [-0.05, 0) is 50.8 Å². The Hall–Kier alpha value is -4.73. The Morgan fingerprint density at radius 2 is 1.00 bits per heavy atom. The molecule has 32 nitrogen and oxygen atoms in total. The van der Waals surface area contributed by atoms with Crippen LogP contribution in [0.25, 0.3) is 0 Å². The monoisotopic (exact) mass is 1280 g/mol. The van der Waals surface area contributed by atoms with Crippen molar-refractivity contribution in [3.63, 3.8) is 0 Å². The molecule has 17 N–H and O–H groups in total. The number of nitrogens with one attached hydrogen (secondary N) is 5. The molecule has 4 heterocycles. The maximum absolute atomic E-state index is 13.9. The molecule has 0 radical (unpaired) electrons. The van der Waals surface area contributed by atoms with Gasteiger partial charge in [0.2, 0.25) is 23.6 Å². The number of amides is 5. The Morgan fingerprint density at radius 3 is 1.45 bits per heavy atom. The van der Waals surface area contributed by atoms with E-state index >= 15 is 0 Å². The van der Waals surface area contributed by atoms with E-state index in [2.05, 4.69) is 45.7 Å². The van der Waals surface area contributed by atoms with Crippen molar-refractivity contribution >= 4 is 29.5 Å². The highest BCUT2D eigenvalue weighted by Crippen LogP contribution is 2.35. The number of hydrogen-bond acceptors (Lipinski definition) is 27. The fourth-order valence-corrected chi connectivity index (χ4v) is 10.7. The summed E-state index contributed by atoms with van der Waals surface area (Å²) in [7, 11) is 0. The maximum Gasteiger partial charge on any atom is 0.251 e. The summed E-state index contributed by atoms with van der Waals surface area (Å²) in [6, 6.07) is -1.65. The Kier molecular flexibility index (Phi) is 31.3. The van der Waals surface area contributed by atoms with Gasteiger partial charge in [-0.15, -0.1) is 0 Å². The quantitative estimate of drug-likeness (QED) is 0.0174. The molecule has 5 amide bonds. The van der Waals surface area contributed by atoms with E-state index in [1.165, 1.54) is 38.8 Å². The lowest BCUT2D eigenvalue weighted by atomic mass is 9.93. The third kappa shape index (κ3) is 21.1. The molecule has 0 aromatic heterocycles. The Balaban J connectivity index is 1.34. The molecule has 1 aromatic carbocycles. The average Bonchev–Trinajstić information content (AvgIpc) is 1.15. The molecular formula is C57H93N5O27. The van der Waals surface area contributed by atoms with E-state index in [0.717, 1.165) is 46.5 Å². The van der Waals surface area contributed by atoms with Crippen LogP contribution in [0.2, 0.25) is 0 Å². The highest BCUT2D eigenvalue weighted by molar-refractivity contribution is 5.94. The summed E-state index contributed by atoms with van der Waals surface area (Å²) in [5.41, 5.74) is 0.0580. The number of hydrogen-bond donors (Lipinski definition) is 17. The lowest BCUT2D eigenvalue weighted by Gasteiger charge is -2.51. The highest BCUT2D eigenvalue weighted by Gasteiger charge is 2.57. The van der Waals surface area contributed by atoms with Crippen LogP contribution in [0.5, 0.6) is 5.75 Å². The first kappa shape index (κ1) is 75.0. The van der Waals surface area contributed by atoms with Crippen LogP contribution in [0, 0.1) is 0 Å². The molecule has 4 aliphatic heterocycles. The molecule has 0 saturated carbocycles. The summed E-state index contributed by atoms with van der Waals surface area (Å²) in [6.07, 6.45) is -22.4. The number of ether oxygens (including phenoxy) is 10. The first-order valence-electron chi connectivity index (χ1n) is 29.9. The molecule has 4 fully saturated rings. The predicted octanol–water partition coefficient (Wildman–Crippen LogP) is -5.59. The summed E-state index contributed by atoms with van der Waals surface area (Å²) >= 11 is 0. The lowest BCUT2D eigenvalue weighted by Crippen LogP contribution is -2.72. The third-order valence-electron chi connectivity index (χ3n) is 15.2. The number of rotatable bonds is 34. The van der Waals surface area contributed by atoms with E-state index in [4.69, 9.17) is 47.4 Å². The minimum absolute atomic E-state index is 0.0580. The normalized spacial score (nSPS) is 33.7. The van der Waals surface area contributed by atoms with Gasteiger partial charge in [-0.25, -0.2) is 0 Å². The molecule has 508 valence electrons. The minimum atomic E-state index is -2.02. The summed E-state index contributed by atoms with van der Waals surface area (Å²) in [5.74, 6) is -3.36. The maximum atomic E-state index is 13.9. The van der Waals surface area contributed by atoms with Crippen molar-refractivity contribution in [1.82, 2.24) is 26.6 Å². The van der Waals surface area contributed by atoms with E-state index in [-0.39, 0.29) is 5.56 Å². The van der Waals surface area contributed by atoms with E-state index in [1.54, 1.807) is 12.1 Å². The Labute approximate surface area is 515 Å². The molecule has 12 unspecified atom stereocenters. The van der Waals surface area contributed by atoms with Crippen LogP contribution < -0.4 is 31.3 Å². The van der Waals surface area contributed by atoms with E-state index in [0.29, 0.717) is 18.8 Å². The van der Waals surface area contributed by atoms with Gasteiger partial charge < -0.3 is 135 Å². The number of aliphatic hydroxyl groups excluding tert-OH is 12. The molecule has 5 rings (SSSR count). The minimum Gasteiger partial charge on any atom is -0.494 e. The van der Waals surface area contributed by atoms with Gasteiger partial charge >= 0.3 is 0 Å². The SMILES string of the molecule is CCCCCC/C=C\CCCOc1cccc(C(=O)N[C@@H]2C(O[C@H]3C(O)C(NC(C)=O)[C@H](OC4C(CO)O[C@@H](O[C@H]5C(O)C(NC(C)=O)C(OC(CO)C(CO)OC(O)[C@H](C)NC(C)=O)O[C@H]5CO)[C@@H](NC(C)=O)[C@H]4O)O[C@H]3CO)OC(CO)[C@@H](O)[C@@H]2O)c1. The summed E-state index contributed by atoms with van der Waals surface area (Å²) in [4.78, 5) is 63.7. The fraction of sp³-hybridized carbons (Fsp3) is 0.772. The molecule has 32 heteroatoms. The molecule has 4 aliphatic rings. The molecule has 24 atom stereocenters. The summed E-state index contributed by atoms with van der Waals surface area (Å²) in [6.45, 7) is 2.56. The second-order valence-corrected chi connectivity index (χ2v) is 22.3. The highest BCUT2D eigenvalue weighted by atomic mass is 16.8. The summed E-state index contributed by atoms with van der Waals surface area (Å²) in [5, 5.41) is 144. The molecule has 4 saturated heterocycles. The molecule has 89 heavy (non-hydrogen) atoms. The van der Waals surface area contributed by atoms with Crippen LogP contribution in [0.3, 0.4) is 0 Å². The van der Waals surface area contributed by atoms with Gasteiger partial charge in [0.25, 0.3) is 5.91 Å². The topological polar surface area (TPSA) is 481 Å². The Bertz CT molecular complexity index is 2370. The number of allylic oxidation sites excluding steroid dienone is 2. The second kappa shape index (κ2) is 37.1. The number of benzene rings is 1. The molecule has 1 aromatic rings. The van der Waals surface area contributed by atoms with Crippen molar-refractivity contribution in [1.29, 1.82) is 0 Å². The van der Waals surface area contributed by atoms with Gasteiger partial charge in [0.05, 0.1) is 52.3 Å². The van der Waals surface area contributed by atoms with Crippen LogP contribution in [0.1, 0.15) is 96.8 Å². The van der Waals surface area contributed by atoms with Gasteiger partial charge in [0.1, 0.15) is 115 Å². The first-order valence-corrected chi connectivity index (χ1v) is 29.9. The average molecular weight is 1280 g/mol. The third-order valence-corrected chi connectivity index (χ3v) is 15.2. The van der Waals surface area contributed by atoms with E-state index < -0.39 is 216 Å². The zero-order chi connectivity index (χ0) is 65.6. The van der Waals surface area contributed by atoms with E-state index in [1.807, 2.05) is 0 Å². The first-order chi connectivity index (χ1) is 42.4. The van der Waals surface area contributed by atoms with Crippen LogP contribution in [0.15, 0.2) is 36.4 Å². The van der Waals surface area contributed by atoms with Gasteiger partial charge in [0.15, 0.2) is 31.5 Å². The standard InChI is InChI=1S/C57H93N5O27/c1-7-8-9-10-11-12-13-14-15-19-80-33-18-16-17-32(20-33)52(78)62-40-45(74)44(73)36(23-65)83-55(40)87-50-38(25-67)85-57(42(47(50)76)60-30(5)71)89-51-39(26-68)86-56(43(48(51)77)61-31(6)72)88-49-37(24-66)84-54(41(46(49)75)59-29(4)70)82-35(22-64)34(21-63)81-53(79)27(2)58-28(3)69/h12-13,16-18,20,27,34-51,53-57,63-68,73-77,79H,7-11,14-15,19,21-26H2,1-6H3,(H,58,69)(H,59,70)(H,60,71)(H,61,72)(H,62,78)/b13-12-/t27-,34?,35?,36?,37-,38-,39?,40-,41?,42?,43-,44+,45+,46?,47?,48+,49+,50+,51?,53?,54?,55?,56-,57-/m0/s1. The van der Waals surface area contributed by atoms with Crippen molar-refractivity contribution in [2.24, 2.45) is 0 Å². The smallest absolute Gasteiger partial charge is 0.251 e. The van der Waals surface area contributed by atoms with Gasteiger partial charge in [0, 0.05) is 33.3 Å². The summed E-state index contributed by atoms with van der Waals surface area (Å²) < 4.78 is 59.8. The van der Waals surface area contributed by atoms with Gasteiger partial charge in [-0.1, -0.05) is 44.4 Å². The van der Waals surface area contributed by atoms with Crippen molar-refractivity contribution in [2.75, 3.05) is 46.2 Å². The number of carbonyl (C=O) groups excluding carboxylic acids is 5. The van der Waals surface area contributed by atoms with Crippen molar-refractivity contribution in [3.05, 3.63) is 42.0 Å². The predicted molar refractivity (Wildman–Crippen MR) is 304 cm³/mol. The van der Waals surface area contributed by atoms with Crippen LogP contribution >= 0.6 is 0 Å². The largest absolute Gasteiger partial charge is 0.494 e.